The van der Waals surface area contributed by atoms with Gasteiger partial charge in [0.25, 0.3) is 5.89 Å². The zero-order valence-corrected chi connectivity index (χ0v) is 11.3. The minimum absolute atomic E-state index is 0.0996. The molecule has 1 aromatic carbocycles. The number of benzene rings is 1. The smallest absolute Gasteiger partial charge is 0.258 e. The van der Waals surface area contributed by atoms with Gasteiger partial charge in [-0.3, -0.25) is 0 Å². The van der Waals surface area contributed by atoms with Crippen molar-refractivity contribution in [3.8, 4) is 23.0 Å². The van der Waals surface area contributed by atoms with Gasteiger partial charge in [0.05, 0.1) is 12.1 Å². The fraction of sp³-hybridized carbons (Fsp3) is 0.154. The molecule has 0 bridgehead atoms. The molecule has 0 saturated heterocycles. The van der Waals surface area contributed by atoms with Gasteiger partial charge in [-0.2, -0.15) is 4.98 Å². The summed E-state index contributed by atoms with van der Waals surface area (Å²) in [6.45, 7) is 0.621. The zero-order chi connectivity index (χ0) is 13.8. The van der Waals surface area contributed by atoms with E-state index in [0.29, 0.717) is 24.0 Å². The molecule has 0 saturated carbocycles. The Morgan fingerprint density at radius 3 is 2.80 bits per heavy atom. The van der Waals surface area contributed by atoms with Crippen LogP contribution in [0.2, 0.25) is 0 Å². The van der Waals surface area contributed by atoms with Gasteiger partial charge in [-0.1, -0.05) is 5.16 Å². The van der Waals surface area contributed by atoms with Crippen molar-refractivity contribution in [2.75, 3.05) is 18.5 Å². The van der Waals surface area contributed by atoms with E-state index in [2.05, 4.69) is 20.4 Å². The number of thiazole rings is 1. The number of nitrogens with one attached hydrogen (secondary N) is 1. The Morgan fingerprint density at radius 1 is 1.25 bits per heavy atom. The van der Waals surface area contributed by atoms with Crippen LogP contribution in [0.1, 0.15) is 0 Å². The van der Waals surface area contributed by atoms with Crippen molar-refractivity contribution in [1.82, 2.24) is 15.1 Å². The summed E-state index contributed by atoms with van der Waals surface area (Å²) in [6, 6.07) is 7.57. The van der Waals surface area contributed by atoms with Gasteiger partial charge in [0, 0.05) is 23.2 Å². The van der Waals surface area contributed by atoms with Crippen LogP contribution in [-0.4, -0.2) is 33.4 Å². The summed E-state index contributed by atoms with van der Waals surface area (Å²) in [6.07, 6.45) is 0. The summed E-state index contributed by atoms with van der Waals surface area (Å²) in [7, 11) is 0. The van der Waals surface area contributed by atoms with Gasteiger partial charge < -0.3 is 14.9 Å². The maximum atomic E-state index is 8.75. The van der Waals surface area contributed by atoms with Crippen LogP contribution >= 0.6 is 11.3 Å². The molecular formula is C13H12N4O2S. The van der Waals surface area contributed by atoms with Gasteiger partial charge in [0.2, 0.25) is 5.82 Å². The molecule has 0 fully saturated rings. The number of anilines is 1. The molecule has 102 valence electrons. The lowest BCUT2D eigenvalue weighted by Crippen LogP contribution is -2.04. The number of rotatable bonds is 5. The molecule has 2 N–H and O–H groups in total. The van der Waals surface area contributed by atoms with E-state index in [1.165, 1.54) is 11.3 Å². The minimum atomic E-state index is 0.0996. The third-order valence-corrected chi connectivity index (χ3v) is 3.25. The number of aromatic nitrogens is 3. The Labute approximate surface area is 119 Å². The predicted octanol–water partition coefficient (Wildman–Crippen LogP) is 2.26. The van der Waals surface area contributed by atoms with E-state index in [-0.39, 0.29) is 6.61 Å². The van der Waals surface area contributed by atoms with E-state index in [9.17, 15) is 0 Å². The number of aliphatic hydroxyl groups is 1. The average molecular weight is 288 g/mol. The highest BCUT2D eigenvalue weighted by molar-refractivity contribution is 7.07. The normalized spacial score (nSPS) is 10.7. The fourth-order valence-corrected chi connectivity index (χ4v) is 2.23. The van der Waals surface area contributed by atoms with Gasteiger partial charge in [0.15, 0.2) is 0 Å². The van der Waals surface area contributed by atoms with Crippen LogP contribution in [0.5, 0.6) is 0 Å². The first-order chi connectivity index (χ1) is 9.86. The molecule has 0 unspecified atom stereocenters. The van der Waals surface area contributed by atoms with E-state index in [4.69, 9.17) is 9.63 Å². The van der Waals surface area contributed by atoms with E-state index in [1.807, 2.05) is 29.6 Å². The lowest BCUT2D eigenvalue weighted by molar-refractivity contribution is 0.311. The molecule has 3 aromatic rings. The standard InChI is InChI=1S/C13H12N4O2S/c18-6-5-14-10-3-1-9(2-4-10)13-16-12(17-19-13)11-7-20-8-15-11/h1-4,7-8,14,18H,5-6H2. The van der Waals surface area contributed by atoms with Crippen molar-refractivity contribution >= 4 is 17.0 Å². The fourth-order valence-electron chi connectivity index (χ4n) is 1.70. The largest absolute Gasteiger partial charge is 0.395 e. The summed E-state index contributed by atoms with van der Waals surface area (Å²) in [4.78, 5) is 8.46. The van der Waals surface area contributed by atoms with Crippen LogP contribution in [0.4, 0.5) is 5.69 Å². The lowest BCUT2D eigenvalue weighted by Gasteiger charge is -2.03. The highest BCUT2D eigenvalue weighted by atomic mass is 32.1. The van der Waals surface area contributed by atoms with Crippen LogP contribution < -0.4 is 5.32 Å². The molecule has 0 aliphatic rings. The van der Waals surface area contributed by atoms with Crippen LogP contribution in [0.15, 0.2) is 39.7 Å². The summed E-state index contributed by atoms with van der Waals surface area (Å²) < 4.78 is 5.24. The summed E-state index contributed by atoms with van der Waals surface area (Å²) in [5, 5.41) is 17.6. The second-order valence-electron chi connectivity index (χ2n) is 4.02. The van der Waals surface area contributed by atoms with Crippen molar-refractivity contribution in [2.45, 2.75) is 0 Å². The van der Waals surface area contributed by atoms with Gasteiger partial charge >= 0.3 is 0 Å². The molecule has 0 radical (unpaired) electrons. The first-order valence-corrected chi connectivity index (χ1v) is 6.98. The Balaban J connectivity index is 1.79. The van der Waals surface area contributed by atoms with Crippen LogP contribution in [-0.2, 0) is 0 Å². The second-order valence-corrected chi connectivity index (χ2v) is 4.74. The van der Waals surface area contributed by atoms with Crippen LogP contribution in [0.25, 0.3) is 23.0 Å². The SMILES string of the molecule is OCCNc1ccc(-c2nc(-c3cscn3)no2)cc1. The highest BCUT2D eigenvalue weighted by Gasteiger charge is 2.11. The first-order valence-electron chi connectivity index (χ1n) is 6.04. The Kier molecular flexibility index (Phi) is 3.71. The van der Waals surface area contributed by atoms with E-state index < -0.39 is 0 Å². The molecule has 3 rings (SSSR count). The molecule has 0 spiro atoms. The van der Waals surface area contributed by atoms with Crippen LogP contribution in [0.3, 0.4) is 0 Å². The number of hydrogen-bond donors (Lipinski definition) is 2. The molecule has 6 nitrogen and oxygen atoms in total. The molecule has 0 amide bonds. The number of nitrogens with zero attached hydrogens (tertiary/aromatic N) is 3. The monoisotopic (exact) mass is 288 g/mol. The second kappa shape index (κ2) is 5.81. The van der Waals surface area contributed by atoms with E-state index in [0.717, 1.165) is 11.3 Å². The Bertz CT molecular complexity index is 664. The molecule has 2 heterocycles. The molecule has 20 heavy (non-hydrogen) atoms. The van der Waals surface area contributed by atoms with Gasteiger partial charge in [-0.15, -0.1) is 11.3 Å². The van der Waals surface area contributed by atoms with Gasteiger partial charge in [-0.05, 0) is 24.3 Å². The zero-order valence-electron chi connectivity index (χ0n) is 10.5. The molecule has 0 aliphatic heterocycles. The molecule has 7 heteroatoms. The quantitative estimate of drug-likeness (QED) is 0.749. The summed E-state index contributed by atoms with van der Waals surface area (Å²) in [5.74, 6) is 0.949. The molecule has 2 aromatic heterocycles. The van der Waals surface area contributed by atoms with Crippen molar-refractivity contribution in [3.05, 3.63) is 35.2 Å². The molecule has 0 aliphatic carbocycles. The maximum Gasteiger partial charge on any atom is 0.258 e. The van der Waals surface area contributed by atoms with Crippen molar-refractivity contribution in [1.29, 1.82) is 0 Å². The predicted molar refractivity (Wildman–Crippen MR) is 76.4 cm³/mol. The first kappa shape index (κ1) is 12.8. The van der Waals surface area contributed by atoms with Crippen molar-refractivity contribution in [2.24, 2.45) is 0 Å². The van der Waals surface area contributed by atoms with Crippen LogP contribution in [0, 0.1) is 0 Å². The average Bonchev–Trinajstić information content (AvgIpc) is 3.16. The molecular weight excluding hydrogens is 276 g/mol. The van der Waals surface area contributed by atoms with Gasteiger partial charge in [0.1, 0.15) is 5.69 Å². The maximum absolute atomic E-state index is 8.75. The summed E-state index contributed by atoms with van der Waals surface area (Å²) >= 11 is 1.49. The van der Waals surface area contributed by atoms with E-state index >= 15 is 0 Å². The van der Waals surface area contributed by atoms with Gasteiger partial charge in [-0.25, -0.2) is 4.98 Å². The highest BCUT2D eigenvalue weighted by Crippen LogP contribution is 2.23. The number of aliphatic hydroxyl groups excluding tert-OH is 1. The number of hydrogen-bond acceptors (Lipinski definition) is 7. The minimum Gasteiger partial charge on any atom is -0.395 e. The summed E-state index contributed by atoms with van der Waals surface area (Å²) in [5.41, 5.74) is 4.22. The van der Waals surface area contributed by atoms with Crippen molar-refractivity contribution in [3.63, 3.8) is 0 Å². The third kappa shape index (κ3) is 2.68. The molecule has 0 atom stereocenters. The lowest BCUT2D eigenvalue weighted by atomic mass is 10.2. The third-order valence-electron chi connectivity index (χ3n) is 2.66. The Morgan fingerprint density at radius 2 is 2.10 bits per heavy atom. The Hall–Kier alpha value is -2.25. The van der Waals surface area contributed by atoms with Crippen molar-refractivity contribution < 1.29 is 9.63 Å². The van der Waals surface area contributed by atoms with E-state index in [1.54, 1.807) is 5.51 Å². The topological polar surface area (TPSA) is 84.1 Å².